The van der Waals surface area contributed by atoms with Crippen LogP contribution in [0.3, 0.4) is 0 Å². The lowest BCUT2D eigenvalue weighted by molar-refractivity contribution is 0.171. The molecule has 0 aliphatic heterocycles. The van der Waals surface area contributed by atoms with Crippen molar-refractivity contribution in [3.05, 3.63) is 53.6 Å². The van der Waals surface area contributed by atoms with E-state index in [1.165, 1.54) is 51.0 Å². The van der Waals surface area contributed by atoms with E-state index in [4.69, 9.17) is 14.2 Å². The number of carbonyl (C=O) groups is 1. The van der Waals surface area contributed by atoms with E-state index >= 15 is 0 Å². The topological polar surface area (TPSA) is 78.4 Å². The van der Waals surface area contributed by atoms with E-state index in [0.717, 1.165) is 11.3 Å². The maximum atomic E-state index is 11.0. The van der Waals surface area contributed by atoms with Crippen LogP contribution in [0.25, 0.3) is 0 Å². The van der Waals surface area contributed by atoms with Crippen LogP contribution in [0.1, 0.15) is 49.1 Å². The second kappa shape index (κ2) is 11.8. The fourth-order valence-electron chi connectivity index (χ4n) is 3.67. The van der Waals surface area contributed by atoms with Gasteiger partial charge < -0.3 is 18.9 Å². The van der Waals surface area contributed by atoms with Gasteiger partial charge in [0.05, 0.1) is 20.4 Å². The molecule has 2 aromatic rings. The van der Waals surface area contributed by atoms with Gasteiger partial charge in [-0.1, -0.05) is 31.4 Å². The number of rotatable bonds is 9. The SMILES string of the molecule is COC(=O)N/N=C/c1ccc(OCCOc2ccc(C3CCCCC3)cc2)c(OC)c1. The van der Waals surface area contributed by atoms with Crippen LogP contribution in [0.4, 0.5) is 4.79 Å². The summed E-state index contributed by atoms with van der Waals surface area (Å²) in [5.41, 5.74) is 4.39. The van der Waals surface area contributed by atoms with Gasteiger partial charge in [0.2, 0.25) is 0 Å². The highest BCUT2D eigenvalue weighted by molar-refractivity contribution is 5.82. The summed E-state index contributed by atoms with van der Waals surface area (Å²) in [7, 11) is 2.84. The molecule has 1 N–H and O–H groups in total. The molecule has 1 fully saturated rings. The van der Waals surface area contributed by atoms with Crippen molar-refractivity contribution in [1.29, 1.82) is 0 Å². The second-order valence-corrected chi connectivity index (χ2v) is 7.37. The molecule has 0 spiro atoms. The third kappa shape index (κ3) is 6.91. The number of nitrogens with one attached hydrogen (secondary N) is 1. The summed E-state index contributed by atoms with van der Waals surface area (Å²) in [6.07, 6.45) is 7.48. The zero-order chi connectivity index (χ0) is 21.9. The lowest BCUT2D eigenvalue weighted by Gasteiger charge is -2.22. The van der Waals surface area contributed by atoms with Crippen LogP contribution < -0.4 is 19.6 Å². The average Bonchev–Trinajstić information content (AvgIpc) is 2.83. The summed E-state index contributed by atoms with van der Waals surface area (Å²) in [4.78, 5) is 11.0. The molecule has 7 nitrogen and oxygen atoms in total. The first-order valence-electron chi connectivity index (χ1n) is 10.6. The molecule has 0 aromatic heterocycles. The first-order chi connectivity index (χ1) is 15.2. The summed E-state index contributed by atoms with van der Waals surface area (Å²) in [6.45, 7) is 0.816. The Hall–Kier alpha value is -3.22. The third-order valence-corrected chi connectivity index (χ3v) is 5.31. The molecular formula is C24H30N2O5. The Morgan fingerprint density at radius 2 is 1.74 bits per heavy atom. The Balaban J connectivity index is 1.45. The van der Waals surface area contributed by atoms with Crippen molar-refractivity contribution in [2.24, 2.45) is 5.10 Å². The average molecular weight is 427 g/mol. The molecule has 0 saturated heterocycles. The van der Waals surface area contributed by atoms with Gasteiger partial charge in [-0.3, -0.25) is 0 Å². The molecule has 1 aliphatic rings. The molecule has 3 rings (SSSR count). The van der Waals surface area contributed by atoms with Gasteiger partial charge in [-0.25, -0.2) is 10.2 Å². The minimum atomic E-state index is -0.633. The van der Waals surface area contributed by atoms with Gasteiger partial charge in [-0.15, -0.1) is 0 Å². The van der Waals surface area contributed by atoms with Crippen LogP contribution in [0, 0.1) is 0 Å². The number of hydrogen-bond acceptors (Lipinski definition) is 6. The highest BCUT2D eigenvalue weighted by Gasteiger charge is 2.15. The number of methoxy groups -OCH3 is 2. The first kappa shape index (κ1) is 22.5. The fourth-order valence-corrected chi connectivity index (χ4v) is 3.67. The zero-order valence-corrected chi connectivity index (χ0v) is 18.1. The van der Waals surface area contributed by atoms with E-state index in [1.807, 2.05) is 18.2 Å². The van der Waals surface area contributed by atoms with Crippen molar-refractivity contribution < 1.29 is 23.7 Å². The molecule has 1 saturated carbocycles. The standard InChI is InChI=1S/C24H30N2O5/c1-28-23-16-18(17-25-26-24(27)29-2)8-13-22(23)31-15-14-30-21-11-9-20(10-12-21)19-6-4-3-5-7-19/h8-13,16-17,19H,3-7,14-15H2,1-2H3,(H,26,27)/b25-17+. The molecule has 0 bridgehead atoms. The highest BCUT2D eigenvalue weighted by atomic mass is 16.5. The molecule has 0 atom stereocenters. The van der Waals surface area contributed by atoms with Gasteiger partial charge in [-0.05, 0) is 60.2 Å². The molecule has 166 valence electrons. The normalized spacial score (nSPS) is 14.3. The van der Waals surface area contributed by atoms with E-state index in [-0.39, 0.29) is 0 Å². The van der Waals surface area contributed by atoms with Crippen LogP contribution >= 0.6 is 0 Å². The minimum absolute atomic E-state index is 0.387. The number of hydrazone groups is 1. The lowest BCUT2D eigenvalue weighted by Crippen LogP contribution is -2.16. The number of benzene rings is 2. The van der Waals surface area contributed by atoms with Gasteiger partial charge in [0, 0.05) is 0 Å². The molecule has 0 unspecified atom stereocenters. The largest absolute Gasteiger partial charge is 0.493 e. The molecule has 1 amide bonds. The quantitative estimate of drug-likeness (QED) is 0.351. The Labute approximate surface area is 183 Å². The van der Waals surface area contributed by atoms with Crippen LogP contribution in [-0.4, -0.2) is 39.7 Å². The molecule has 7 heteroatoms. The molecule has 31 heavy (non-hydrogen) atoms. The van der Waals surface area contributed by atoms with Crippen molar-refractivity contribution in [2.75, 3.05) is 27.4 Å². The Morgan fingerprint density at radius 3 is 2.45 bits per heavy atom. The van der Waals surface area contributed by atoms with E-state index in [9.17, 15) is 4.79 Å². The van der Waals surface area contributed by atoms with Crippen molar-refractivity contribution in [2.45, 2.75) is 38.0 Å². The Bertz CT molecular complexity index is 861. The van der Waals surface area contributed by atoms with Crippen LogP contribution in [0.5, 0.6) is 17.2 Å². The van der Waals surface area contributed by atoms with Crippen LogP contribution in [0.15, 0.2) is 47.6 Å². The maximum Gasteiger partial charge on any atom is 0.427 e. The number of hydrogen-bond donors (Lipinski definition) is 1. The van der Waals surface area contributed by atoms with Gasteiger partial charge in [0.25, 0.3) is 0 Å². The van der Waals surface area contributed by atoms with Crippen molar-refractivity contribution in [3.8, 4) is 17.2 Å². The summed E-state index contributed by atoms with van der Waals surface area (Å²) in [6, 6.07) is 13.8. The van der Waals surface area contributed by atoms with E-state index < -0.39 is 6.09 Å². The van der Waals surface area contributed by atoms with E-state index in [2.05, 4.69) is 27.4 Å². The van der Waals surface area contributed by atoms with Crippen LogP contribution in [0.2, 0.25) is 0 Å². The molecular weight excluding hydrogens is 396 g/mol. The number of ether oxygens (including phenoxy) is 4. The molecule has 2 aromatic carbocycles. The third-order valence-electron chi connectivity index (χ3n) is 5.31. The minimum Gasteiger partial charge on any atom is -0.493 e. The second-order valence-electron chi connectivity index (χ2n) is 7.37. The Kier molecular flexibility index (Phi) is 8.58. The summed E-state index contributed by atoms with van der Waals surface area (Å²) in [5.74, 6) is 2.72. The van der Waals surface area contributed by atoms with Crippen molar-refractivity contribution >= 4 is 12.3 Å². The fraction of sp³-hybridized carbons (Fsp3) is 0.417. The predicted octanol–water partition coefficient (Wildman–Crippen LogP) is 4.89. The van der Waals surface area contributed by atoms with Crippen LogP contribution in [-0.2, 0) is 4.74 Å². The number of nitrogens with zero attached hydrogens (tertiary/aromatic N) is 1. The van der Waals surface area contributed by atoms with Crippen molar-refractivity contribution in [3.63, 3.8) is 0 Å². The smallest absolute Gasteiger partial charge is 0.427 e. The Morgan fingerprint density at radius 1 is 1.00 bits per heavy atom. The van der Waals surface area contributed by atoms with Gasteiger partial charge >= 0.3 is 6.09 Å². The van der Waals surface area contributed by atoms with Gasteiger partial charge in [0.15, 0.2) is 11.5 Å². The lowest BCUT2D eigenvalue weighted by atomic mass is 9.84. The van der Waals surface area contributed by atoms with Crippen molar-refractivity contribution in [1.82, 2.24) is 5.43 Å². The maximum absolute atomic E-state index is 11.0. The highest BCUT2D eigenvalue weighted by Crippen LogP contribution is 2.33. The predicted molar refractivity (Wildman–Crippen MR) is 119 cm³/mol. The molecule has 0 heterocycles. The summed E-state index contributed by atoms with van der Waals surface area (Å²) >= 11 is 0. The molecule has 0 radical (unpaired) electrons. The molecule has 1 aliphatic carbocycles. The van der Waals surface area contributed by atoms with Gasteiger partial charge in [0.1, 0.15) is 19.0 Å². The zero-order valence-electron chi connectivity index (χ0n) is 18.1. The first-order valence-corrected chi connectivity index (χ1v) is 10.6. The monoisotopic (exact) mass is 426 g/mol. The summed E-state index contributed by atoms with van der Waals surface area (Å²) < 4.78 is 21.4. The summed E-state index contributed by atoms with van der Waals surface area (Å²) in [5, 5.41) is 3.80. The van der Waals surface area contributed by atoms with Gasteiger partial charge in [-0.2, -0.15) is 5.10 Å². The number of carbonyl (C=O) groups excluding carboxylic acids is 1. The van der Waals surface area contributed by atoms with E-state index in [0.29, 0.717) is 30.6 Å². The number of amides is 1. The van der Waals surface area contributed by atoms with E-state index in [1.54, 1.807) is 19.2 Å².